The van der Waals surface area contributed by atoms with Gasteiger partial charge < -0.3 is 19.9 Å². The van der Waals surface area contributed by atoms with Gasteiger partial charge in [-0.15, -0.1) is 0 Å². The summed E-state index contributed by atoms with van der Waals surface area (Å²) in [6, 6.07) is 5.82. The van der Waals surface area contributed by atoms with Crippen molar-refractivity contribution in [2.45, 2.75) is 13.1 Å². The quantitative estimate of drug-likeness (QED) is 0.730. The van der Waals surface area contributed by atoms with Gasteiger partial charge in [0.2, 0.25) is 6.79 Å². The Labute approximate surface area is 131 Å². The van der Waals surface area contributed by atoms with Gasteiger partial charge in [0.1, 0.15) is 12.1 Å². The van der Waals surface area contributed by atoms with Crippen LogP contribution in [0.25, 0.3) is 11.0 Å². The van der Waals surface area contributed by atoms with Crippen LogP contribution in [0.5, 0.6) is 11.5 Å². The number of rotatable bonds is 5. The van der Waals surface area contributed by atoms with Crippen LogP contribution in [0.15, 0.2) is 30.7 Å². The van der Waals surface area contributed by atoms with E-state index in [9.17, 15) is 0 Å². The van der Waals surface area contributed by atoms with Gasteiger partial charge in [-0.3, -0.25) is 0 Å². The first-order valence-electron chi connectivity index (χ1n) is 7.25. The largest absolute Gasteiger partial charge is 0.454 e. The molecule has 3 heterocycles. The summed E-state index contributed by atoms with van der Waals surface area (Å²) in [6.45, 7) is 1.28. The molecule has 0 bridgehead atoms. The maximum atomic E-state index is 9.05. The SMILES string of the molecule is OCCn1ncc2c(NCc3ccc4c(c3)OCO4)ncnc21. The molecule has 0 unspecified atom stereocenters. The van der Waals surface area contributed by atoms with Gasteiger partial charge in [0.25, 0.3) is 0 Å². The maximum absolute atomic E-state index is 9.05. The third-order valence-electron chi connectivity index (χ3n) is 3.64. The lowest BCUT2D eigenvalue weighted by atomic mass is 10.2. The fourth-order valence-electron chi connectivity index (χ4n) is 2.53. The van der Waals surface area contributed by atoms with E-state index in [-0.39, 0.29) is 13.4 Å². The number of nitrogens with one attached hydrogen (secondary N) is 1. The van der Waals surface area contributed by atoms with Crippen LogP contribution in [-0.2, 0) is 13.1 Å². The van der Waals surface area contributed by atoms with Crippen LogP contribution in [0, 0.1) is 0 Å². The Bertz CT molecular complexity index is 848. The lowest BCUT2D eigenvalue weighted by Gasteiger charge is -2.07. The topological polar surface area (TPSA) is 94.3 Å². The maximum Gasteiger partial charge on any atom is 0.231 e. The Morgan fingerprint density at radius 1 is 1.22 bits per heavy atom. The molecule has 3 aromatic rings. The van der Waals surface area contributed by atoms with Crippen LogP contribution >= 0.6 is 0 Å². The Balaban J connectivity index is 1.56. The van der Waals surface area contributed by atoms with Crippen LogP contribution in [-0.4, -0.2) is 38.3 Å². The zero-order valence-electron chi connectivity index (χ0n) is 12.3. The van der Waals surface area contributed by atoms with E-state index >= 15 is 0 Å². The van der Waals surface area contributed by atoms with Crippen molar-refractivity contribution in [3.63, 3.8) is 0 Å². The van der Waals surface area contributed by atoms with Gasteiger partial charge in [-0.2, -0.15) is 5.10 Å². The summed E-state index contributed by atoms with van der Waals surface area (Å²) in [5.74, 6) is 2.23. The number of anilines is 1. The molecule has 8 nitrogen and oxygen atoms in total. The number of fused-ring (bicyclic) bond motifs is 2. The molecule has 4 rings (SSSR count). The Hall–Kier alpha value is -2.87. The summed E-state index contributed by atoms with van der Waals surface area (Å²) >= 11 is 0. The van der Waals surface area contributed by atoms with Gasteiger partial charge in [0, 0.05) is 6.54 Å². The van der Waals surface area contributed by atoms with E-state index < -0.39 is 0 Å². The van der Waals surface area contributed by atoms with Gasteiger partial charge >= 0.3 is 0 Å². The van der Waals surface area contributed by atoms with Crippen LogP contribution < -0.4 is 14.8 Å². The van der Waals surface area contributed by atoms with Crippen molar-refractivity contribution < 1.29 is 14.6 Å². The second-order valence-electron chi connectivity index (χ2n) is 5.09. The first-order chi connectivity index (χ1) is 11.3. The highest BCUT2D eigenvalue weighted by molar-refractivity contribution is 5.86. The van der Waals surface area contributed by atoms with Crippen molar-refractivity contribution in [2.75, 3.05) is 18.7 Å². The summed E-state index contributed by atoms with van der Waals surface area (Å²) < 4.78 is 12.3. The Kier molecular flexibility index (Phi) is 3.43. The molecule has 0 aliphatic carbocycles. The molecule has 0 saturated heterocycles. The molecule has 118 valence electrons. The Morgan fingerprint density at radius 3 is 3.04 bits per heavy atom. The molecule has 0 spiro atoms. The standard InChI is InChI=1S/C15H15N5O3/c21-4-3-20-15-11(7-19-20)14(17-8-18-15)16-6-10-1-2-12-13(5-10)23-9-22-12/h1-2,5,7-8,21H,3-4,6,9H2,(H,16,17,18). The zero-order chi connectivity index (χ0) is 15.6. The highest BCUT2D eigenvalue weighted by Crippen LogP contribution is 2.32. The average Bonchev–Trinajstić information content (AvgIpc) is 3.20. The van der Waals surface area contributed by atoms with Gasteiger partial charge in [-0.05, 0) is 17.7 Å². The fourth-order valence-corrected chi connectivity index (χ4v) is 2.53. The van der Waals surface area contributed by atoms with Crippen molar-refractivity contribution in [3.8, 4) is 11.5 Å². The van der Waals surface area contributed by atoms with E-state index in [1.165, 1.54) is 6.33 Å². The molecular formula is C15H15N5O3. The molecule has 0 fully saturated rings. The molecule has 2 aromatic heterocycles. The molecule has 8 heteroatoms. The number of aliphatic hydroxyl groups is 1. The third-order valence-corrected chi connectivity index (χ3v) is 3.64. The van der Waals surface area contributed by atoms with Crippen LogP contribution in [0.1, 0.15) is 5.56 Å². The molecule has 0 saturated carbocycles. The molecule has 0 atom stereocenters. The summed E-state index contributed by atoms with van der Waals surface area (Å²) in [6.07, 6.45) is 3.19. The van der Waals surface area contributed by atoms with Crippen LogP contribution in [0.2, 0.25) is 0 Å². The number of aromatic nitrogens is 4. The highest BCUT2D eigenvalue weighted by Gasteiger charge is 2.14. The first kappa shape index (κ1) is 13.8. The third kappa shape index (κ3) is 2.53. The zero-order valence-corrected chi connectivity index (χ0v) is 12.3. The minimum atomic E-state index is 0.0146. The molecule has 0 radical (unpaired) electrons. The summed E-state index contributed by atoms with van der Waals surface area (Å²) in [4.78, 5) is 8.50. The first-order valence-corrected chi connectivity index (χ1v) is 7.25. The number of hydrogen-bond acceptors (Lipinski definition) is 7. The molecule has 1 aliphatic heterocycles. The predicted molar refractivity (Wildman–Crippen MR) is 82.3 cm³/mol. The minimum Gasteiger partial charge on any atom is -0.454 e. The molecule has 1 aliphatic rings. The highest BCUT2D eigenvalue weighted by atomic mass is 16.7. The molecule has 2 N–H and O–H groups in total. The van der Waals surface area contributed by atoms with Crippen molar-refractivity contribution >= 4 is 16.9 Å². The van der Waals surface area contributed by atoms with Crippen molar-refractivity contribution in [1.29, 1.82) is 0 Å². The summed E-state index contributed by atoms with van der Waals surface area (Å²) in [5.41, 5.74) is 1.76. The number of nitrogens with zero attached hydrogens (tertiary/aromatic N) is 4. The normalized spacial score (nSPS) is 12.7. The summed E-state index contributed by atoms with van der Waals surface area (Å²) in [7, 11) is 0. The van der Waals surface area contributed by atoms with Crippen molar-refractivity contribution in [2.24, 2.45) is 0 Å². The monoisotopic (exact) mass is 313 g/mol. The van der Waals surface area contributed by atoms with Gasteiger partial charge in [-0.1, -0.05) is 6.07 Å². The van der Waals surface area contributed by atoms with E-state index in [0.29, 0.717) is 24.6 Å². The van der Waals surface area contributed by atoms with E-state index in [4.69, 9.17) is 14.6 Å². The lowest BCUT2D eigenvalue weighted by Crippen LogP contribution is -2.06. The van der Waals surface area contributed by atoms with Crippen molar-refractivity contribution in [1.82, 2.24) is 19.7 Å². The number of aliphatic hydroxyl groups excluding tert-OH is 1. The van der Waals surface area contributed by atoms with Crippen LogP contribution in [0.3, 0.4) is 0 Å². The van der Waals surface area contributed by atoms with E-state index in [1.807, 2.05) is 18.2 Å². The van der Waals surface area contributed by atoms with E-state index in [1.54, 1.807) is 10.9 Å². The molecule has 0 amide bonds. The number of hydrogen-bond donors (Lipinski definition) is 2. The average molecular weight is 313 g/mol. The van der Waals surface area contributed by atoms with E-state index in [0.717, 1.165) is 22.4 Å². The van der Waals surface area contributed by atoms with Crippen LogP contribution in [0.4, 0.5) is 5.82 Å². The second kappa shape index (κ2) is 5.73. The van der Waals surface area contributed by atoms with Crippen molar-refractivity contribution in [3.05, 3.63) is 36.3 Å². The fraction of sp³-hybridized carbons (Fsp3) is 0.267. The Morgan fingerprint density at radius 2 is 2.13 bits per heavy atom. The molecule has 23 heavy (non-hydrogen) atoms. The van der Waals surface area contributed by atoms with E-state index in [2.05, 4.69) is 20.4 Å². The second-order valence-corrected chi connectivity index (χ2v) is 5.09. The lowest BCUT2D eigenvalue weighted by molar-refractivity contribution is 0.174. The molecular weight excluding hydrogens is 298 g/mol. The predicted octanol–water partition coefficient (Wildman–Crippen LogP) is 1.16. The minimum absolute atomic E-state index is 0.0146. The number of benzene rings is 1. The molecule has 1 aromatic carbocycles. The van der Waals surface area contributed by atoms with Gasteiger partial charge in [0.05, 0.1) is 24.7 Å². The summed E-state index contributed by atoms with van der Waals surface area (Å²) in [5, 5.41) is 17.4. The van der Waals surface area contributed by atoms with Gasteiger partial charge in [-0.25, -0.2) is 14.6 Å². The van der Waals surface area contributed by atoms with Gasteiger partial charge in [0.15, 0.2) is 17.1 Å². The smallest absolute Gasteiger partial charge is 0.231 e. The number of ether oxygens (including phenoxy) is 2.